The van der Waals surface area contributed by atoms with Crippen LogP contribution in [0.4, 0.5) is 23.2 Å². The van der Waals surface area contributed by atoms with E-state index in [-0.39, 0.29) is 16.9 Å². The molecule has 0 spiro atoms. The van der Waals surface area contributed by atoms with Gasteiger partial charge in [0.15, 0.2) is 17.8 Å². The second-order valence-electron chi connectivity index (χ2n) is 8.29. The fraction of sp³-hybridized carbons (Fsp3) is 0.409. The molecule has 1 aliphatic rings. The number of nitrogens with zero attached hydrogens (tertiary/aromatic N) is 1. The molecule has 0 radical (unpaired) electrons. The zero-order chi connectivity index (χ0) is 24.7. The van der Waals surface area contributed by atoms with Crippen molar-refractivity contribution in [2.45, 2.75) is 51.9 Å². The number of hydrogen-bond donors (Lipinski definition) is 1. The summed E-state index contributed by atoms with van der Waals surface area (Å²) < 4.78 is 64.6. The Balaban J connectivity index is 2.02. The summed E-state index contributed by atoms with van der Waals surface area (Å²) in [5, 5.41) is 14.2. The number of rotatable bonds is 6. The molecule has 33 heavy (non-hydrogen) atoms. The first-order valence-corrected chi connectivity index (χ1v) is 9.99. The SMILES string of the molecule is CC(=O)c1cc(NC(=O)[C@@H]2OC(C)(C)[C@@H](C)[C@@H]2c2ccc(F)c(F)c2OC(F)F)cc[n+]1[O-]. The van der Waals surface area contributed by atoms with Gasteiger partial charge >= 0.3 is 6.61 Å². The summed E-state index contributed by atoms with van der Waals surface area (Å²) in [6.45, 7) is 2.78. The Morgan fingerprint density at radius 3 is 2.52 bits per heavy atom. The van der Waals surface area contributed by atoms with Crippen LogP contribution in [0.25, 0.3) is 0 Å². The van der Waals surface area contributed by atoms with Gasteiger partial charge in [0.1, 0.15) is 6.10 Å². The lowest BCUT2D eigenvalue weighted by Crippen LogP contribution is -2.35. The lowest BCUT2D eigenvalue weighted by molar-refractivity contribution is -0.607. The summed E-state index contributed by atoms with van der Waals surface area (Å²) in [5.41, 5.74) is -1.19. The standard InChI is InChI=1S/C22H22F4N2O5/c1-10-16(13-5-6-14(23)17(24)18(13)32-21(25)26)19(33-22(10,3)4)20(30)27-12-7-8-28(31)15(9-12)11(2)29/h5-10,16,19,21H,1-4H3,(H,27,30)/t10-,16+,19+/m0/s1. The van der Waals surface area contributed by atoms with Crippen molar-refractivity contribution in [2.24, 2.45) is 5.92 Å². The van der Waals surface area contributed by atoms with Crippen LogP contribution in [-0.4, -0.2) is 30.0 Å². The van der Waals surface area contributed by atoms with E-state index in [1.165, 1.54) is 19.1 Å². The van der Waals surface area contributed by atoms with Gasteiger partial charge in [0, 0.05) is 30.5 Å². The van der Waals surface area contributed by atoms with Crippen LogP contribution in [0, 0.1) is 22.8 Å². The van der Waals surface area contributed by atoms with Crippen LogP contribution < -0.4 is 14.8 Å². The van der Waals surface area contributed by atoms with Gasteiger partial charge < -0.3 is 20.0 Å². The van der Waals surface area contributed by atoms with Gasteiger partial charge in [0.05, 0.1) is 11.3 Å². The van der Waals surface area contributed by atoms with Crippen molar-refractivity contribution >= 4 is 17.4 Å². The van der Waals surface area contributed by atoms with Crippen LogP contribution in [0.2, 0.25) is 0 Å². The summed E-state index contributed by atoms with van der Waals surface area (Å²) >= 11 is 0. The molecule has 0 aliphatic carbocycles. The summed E-state index contributed by atoms with van der Waals surface area (Å²) in [4.78, 5) is 24.7. The number of pyridine rings is 1. The summed E-state index contributed by atoms with van der Waals surface area (Å²) in [6.07, 6.45) is -0.268. The smallest absolute Gasteiger partial charge is 0.387 e. The zero-order valence-corrected chi connectivity index (χ0v) is 18.2. The Labute approximate surface area is 186 Å². The van der Waals surface area contributed by atoms with Gasteiger partial charge in [-0.3, -0.25) is 9.59 Å². The number of halogens is 4. The molecule has 178 valence electrons. The summed E-state index contributed by atoms with van der Waals surface area (Å²) in [6, 6.07) is 4.28. The highest BCUT2D eigenvalue weighted by molar-refractivity contribution is 5.97. The van der Waals surface area contributed by atoms with E-state index < -0.39 is 59.2 Å². The third kappa shape index (κ3) is 4.77. The Morgan fingerprint density at radius 2 is 1.91 bits per heavy atom. The Morgan fingerprint density at radius 1 is 1.24 bits per heavy atom. The molecule has 11 heteroatoms. The first-order valence-electron chi connectivity index (χ1n) is 9.99. The van der Waals surface area contributed by atoms with Crippen molar-refractivity contribution in [1.29, 1.82) is 0 Å². The third-order valence-corrected chi connectivity index (χ3v) is 5.84. The number of aromatic nitrogens is 1. The van der Waals surface area contributed by atoms with Crippen LogP contribution in [-0.2, 0) is 9.53 Å². The first kappa shape index (κ1) is 24.4. The number of ketones is 1. The first-order chi connectivity index (χ1) is 15.3. The number of alkyl halides is 2. The Hall–Kier alpha value is -3.21. The number of benzene rings is 1. The molecular weight excluding hydrogens is 448 g/mol. The zero-order valence-electron chi connectivity index (χ0n) is 18.2. The quantitative estimate of drug-likeness (QED) is 0.299. The fourth-order valence-corrected chi connectivity index (χ4v) is 3.91. The third-order valence-electron chi connectivity index (χ3n) is 5.84. The lowest BCUT2D eigenvalue weighted by atomic mass is 9.78. The monoisotopic (exact) mass is 470 g/mol. The molecule has 1 aromatic carbocycles. The number of Topliss-reactive ketones (excluding diaryl/α,β-unsaturated/α-hetero) is 1. The maximum absolute atomic E-state index is 14.4. The largest absolute Gasteiger partial charge is 0.618 e. The summed E-state index contributed by atoms with van der Waals surface area (Å²) in [5.74, 6) is -6.72. The topological polar surface area (TPSA) is 91.6 Å². The Kier molecular flexibility index (Phi) is 6.64. The van der Waals surface area contributed by atoms with Gasteiger partial charge in [0.25, 0.3) is 11.6 Å². The van der Waals surface area contributed by atoms with Crippen LogP contribution in [0.5, 0.6) is 5.75 Å². The molecule has 1 amide bonds. The van der Waals surface area contributed by atoms with Crippen LogP contribution in [0.3, 0.4) is 0 Å². The van der Waals surface area contributed by atoms with Crippen molar-refractivity contribution in [3.8, 4) is 5.75 Å². The highest BCUT2D eigenvalue weighted by atomic mass is 19.3. The van der Waals surface area contributed by atoms with E-state index in [1.807, 2.05) is 0 Å². The van der Waals surface area contributed by atoms with Gasteiger partial charge in [-0.25, -0.2) is 4.39 Å². The van der Waals surface area contributed by atoms with Gasteiger partial charge in [-0.2, -0.15) is 17.9 Å². The van der Waals surface area contributed by atoms with Gasteiger partial charge in [0.2, 0.25) is 11.6 Å². The molecule has 2 aromatic rings. The van der Waals surface area contributed by atoms with E-state index in [1.54, 1.807) is 20.8 Å². The predicted molar refractivity (Wildman–Crippen MR) is 108 cm³/mol. The second-order valence-corrected chi connectivity index (χ2v) is 8.29. The molecule has 2 heterocycles. The molecule has 1 fully saturated rings. The molecule has 3 rings (SSSR count). The van der Waals surface area contributed by atoms with Crippen molar-refractivity contribution < 1.29 is 41.4 Å². The maximum Gasteiger partial charge on any atom is 0.387 e. The lowest BCUT2D eigenvalue weighted by Gasteiger charge is -2.26. The minimum absolute atomic E-state index is 0.117. The molecule has 1 aliphatic heterocycles. The highest BCUT2D eigenvalue weighted by Crippen LogP contribution is 2.49. The number of ether oxygens (including phenoxy) is 2. The number of anilines is 1. The molecule has 0 unspecified atom stereocenters. The van der Waals surface area contributed by atoms with E-state index in [2.05, 4.69) is 10.1 Å². The van der Waals surface area contributed by atoms with Crippen molar-refractivity contribution in [3.05, 3.63) is 58.6 Å². The molecule has 1 saturated heterocycles. The minimum Gasteiger partial charge on any atom is -0.618 e. The normalized spacial score (nSPS) is 21.8. The molecule has 3 atom stereocenters. The molecule has 1 N–H and O–H groups in total. The number of carbonyl (C=O) groups excluding carboxylic acids is 2. The molecule has 0 saturated carbocycles. The maximum atomic E-state index is 14.4. The van der Waals surface area contributed by atoms with Gasteiger partial charge in [-0.15, -0.1) is 0 Å². The second kappa shape index (κ2) is 8.97. The predicted octanol–water partition coefficient (Wildman–Crippen LogP) is 3.94. The van der Waals surface area contributed by atoms with Crippen LogP contribution >= 0.6 is 0 Å². The van der Waals surface area contributed by atoms with Crippen LogP contribution in [0.1, 0.15) is 49.7 Å². The molecule has 7 nitrogen and oxygen atoms in total. The highest BCUT2D eigenvalue weighted by Gasteiger charge is 2.52. The van der Waals surface area contributed by atoms with E-state index in [0.29, 0.717) is 4.73 Å². The van der Waals surface area contributed by atoms with E-state index in [9.17, 15) is 32.4 Å². The number of nitrogens with one attached hydrogen (secondary N) is 1. The van der Waals surface area contributed by atoms with Crippen molar-refractivity contribution in [3.63, 3.8) is 0 Å². The minimum atomic E-state index is -3.42. The van der Waals surface area contributed by atoms with Gasteiger partial charge in [-0.1, -0.05) is 13.0 Å². The molecule has 0 bridgehead atoms. The van der Waals surface area contributed by atoms with E-state index in [4.69, 9.17) is 4.74 Å². The molecule has 1 aromatic heterocycles. The number of carbonyl (C=O) groups is 2. The van der Waals surface area contributed by atoms with E-state index in [0.717, 1.165) is 18.3 Å². The fourth-order valence-electron chi connectivity index (χ4n) is 3.91. The van der Waals surface area contributed by atoms with Crippen molar-refractivity contribution in [1.82, 2.24) is 0 Å². The average molecular weight is 470 g/mol. The van der Waals surface area contributed by atoms with E-state index >= 15 is 0 Å². The van der Waals surface area contributed by atoms with Crippen LogP contribution in [0.15, 0.2) is 30.5 Å². The summed E-state index contributed by atoms with van der Waals surface area (Å²) in [7, 11) is 0. The molecular formula is C22H22F4N2O5. The van der Waals surface area contributed by atoms with Crippen molar-refractivity contribution in [2.75, 3.05) is 5.32 Å². The Bertz CT molecular complexity index is 1090. The average Bonchev–Trinajstić information content (AvgIpc) is 2.96. The number of amides is 1. The van der Waals surface area contributed by atoms with Gasteiger partial charge in [-0.05, 0) is 25.8 Å². The number of hydrogen-bond acceptors (Lipinski definition) is 5.